The van der Waals surface area contributed by atoms with E-state index in [-0.39, 0.29) is 0 Å². The van der Waals surface area contributed by atoms with Crippen LogP contribution in [-0.4, -0.2) is 63.9 Å². The second-order valence-electron chi connectivity index (χ2n) is 20.4. The van der Waals surface area contributed by atoms with Gasteiger partial charge in [0.25, 0.3) is 0 Å². The Hall–Kier alpha value is 1.44. The molecule has 0 amide bonds. The fraction of sp³-hybridized carbons (Fsp3) is 0.800. The molecule has 1 unspecified atom stereocenters. The van der Waals surface area contributed by atoms with Crippen molar-refractivity contribution >= 4 is 84.4 Å². The maximum absolute atomic E-state index is 4.67. The van der Waals surface area contributed by atoms with Crippen LogP contribution in [-0.2, 0) is 8.57 Å². The minimum absolute atomic E-state index is 0.434. The standard InChI is InChI=1S/C30H67BrSi8/c1-33(2,3)28(34(4,5)6)25-22-24(30(37(13,14)15,38(16,17)18)39(19,20)21)23-26-27(25)32(31)29(26,35(7,8)9)36(10,11)12/h22-23,28,32H,1-21H3. The van der Waals surface area contributed by atoms with E-state index in [0.29, 0.717) is 8.57 Å². The Balaban J connectivity index is 3.39. The van der Waals surface area contributed by atoms with Gasteiger partial charge in [-0.3, -0.25) is 0 Å². The van der Waals surface area contributed by atoms with E-state index in [1.54, 1.807) is 0 Å². The van der Waals surface area contributed by atoms with Crippen molar-refractivity contribution in [3.8, 4) is 0 Å². The maximum Gasteiger partial charge on any atom is 0.151 e. The van der Waals surface area contributed by atoms with Crippen LogP contribution in [0, 0.1) is 0 Å². The summed E-state index contributed by atoms with van der Waals surface area (Å²) in [6.07, 6.45) is 0. The molecule has 1 aliphatic rings. The highest BCUT2D eigenvalue weighted by atomic mass is 79.9. The molecule has 0 N–H and O–H groups in total. The number of halogens is 1. The second kappa shape index (κ2) is 10.2. The lowest BCUT2D eigenvalue weighted by Crippen LogP contribution is -2.81. The molecule has 39 heavy (non-hydrogen) atoms. The monoisotopic (exact) mass is 730 g/mol. The molecule has 0 saturated carbocycles. The summed E-state index contributed by atoms with van der Waals surface area (Å²) >= 11 is 4.67. The van der Waals surface area contributed by atoms with Crippen molar-refractivity contribution in [1.82, 2.24) is 0 Å². The third kappa shape index (κ3) is 5.48. The van der Waals surface area contributed by atoms with Gasteiger partial charge in [-0.25, -0.2) is 0 Å². The van der Waals surface area contributed by atoms with Gasteiger partial charge in [-0.2, -0.15) is 0 Å². The van der Waals surface area contributed by atoms with Crippen LogP contribution in [0.5, 0.6) is 0 Å². The Morgan fingerprint density at radius 2 is 0.923 bits per heavy atom. The lowest BCUT2D eigenvalue weighted by Gasteiger charge is -2.65. The zero-order chi connectivity index (χ0) is 31.4. The van der Waals surface area contributed by atoms with Crippen LogP contribution in [0.1, 0.15) is 21.9 Å². The highest BCUT2D eigenvalue weighted by Gasteiger charge is 2.68. The minimum atomic E-state index is -1.60. The zero-order valence-corrected chi connectivity index (χ0v) is 39.9. The van der Waals surface area contributed by atoms with Crippen LogP contribution in [0.15, 0.2) is 12.1 Å². The highest BCUT2D eigenvalue weighted by Crippen LogP contribution is 2.57. The first-order chi connectivity index (χ1) is 16.7. The number of fused-ring (bicyclic) bond motifs is 1. The summed E-state index contributed by atoms with van der Waals surface area (Å²) < 4.78 is 0.942. The highest BCUT2D eigenvalue weighted by molar-refractivity contribution is 9.25. The summed E-state index contributed by atoms with van der Waals surface area (Å²) in [4.78, 5) is 0. The fourth-order valence-corrected chi connectivity index (χ4v) is 89.4. The van der Waals surface area contributed by atoms with Crippen LogP contribution in [0.2, 0.25) is 137 Å². The van der Waals surface area contributed by atoms with Gasteiger partial charge in [0.1, 0.15) is 0 Å². The summed E-state index contributed by atoms with van der Waals surface area (Å²) in [6.45, 7) is 57.1. The number of hydrogen-bond acceptors (Lipinski definition) is 0. The second-order valence-corrected chi connectivity index (χ2v) is 66.0. The molecule has 1 aromatic carbocycles. The molecule has 9 heteroatoms. The third-order valence-corrected chi connectivity index (χ3v) is 65.8. The SMILES string of the molecule is C[Si](C)(C)C(c1cc(C([Si](C)(C)C)([Si](C)(C)C)[Si](C)(C)C)cc2c1[SiH](Br)C2([Si](C)(C)C)[Si](C)(C)C)[Si](C)(C)C. The molecule has 0 nitrogen and oxygen atoms in total. The molecule has 1 aliphatic heterocycles. The van der Waals surface area contributed by atoms with Crippen LogP contribution in [0.4, 0.5) is 0 Å². The molecule has 0 radical (unpaired) electrons. The molecule has 226 valence electrons. The van der Waals surface area contributed by atoms with Gasteiger partial charge in [0.15, 0.2) is 7.42 Å². The van der Waals surface area contributed by atoms with Gasteiger partial charge < -0.3 is 0 Å². The Bertz CT molecular complexity index is 996. The molecule has 1 aromatic rings. The van der Waals surface area contributed by atoms with E-state index in [1.807, 2.05) is 21.9 Å². The smallest absolute Gasteiger partial charge is 0.124 e. The topological polar surface area (TPSA) is 0 Å². The zero-order valence-electron chi connectivity index (χ0n) is 30.2. The van der Waals surface area contributed by atoms with E-state index in [9.17, 15) is 0 Å². The normalized spacial score (nSPS) is 19.7. The Morgan fingerprint density at radius 3 is 1.18 bits per heavy atom. The van der Waals surface area contributed by atoms with Crippen LogP contribution in [0.3, 0.4) is 0 Å². The molecular formula is C30H67BrSi8. The first-order valence-electron chi connectivity index (χ1n) is 15.6. The Morgan fingerprint density at radius 1 is 0.590 bits per heavy atom. The van der Waals surface area contributed by atoms with Crippen LogP contribution < -0.4 is 5.19 Å². The average Bonchev–Trinajstić information content (AvgIpc) is 2.51. The van der Waals surface area contributed by atoms with Gasteiger partial charge >= 0.3 is 0 Å². The first kappa shape index (κ1) is 36.6. The van der Waals surface area contributed by atoms with Gasteiger partial charge in [0, 0.05) is 40.4 Å². The molecule has 0 spiro atoms. The largest absolute Gasteiger partial charge is 0.151 e. The van der Waals surface area contributed by atoms with E-state index in [4.69, 9.17) is 0 Å². The molecule has 0 saturated heterocycles. The van der Waals surface area contributed by atoms with E-state index in [0.717, 1.165) is 5.16 Å². The van der Waals surface area contributed by atoms with Gasteiger partial charge in [0.2, 0.25) is 0 Å². The number of hydrogen-bond donors (Lipinski definition) is 0. The molecule has 0 bridgehead atoms. The predicted molar refractivity (Wildman–Crippen MR) is 212 cm³/mol. The first-order valence-corrected chi connectivity index (χ1v) is 44.6. The minimum Gasteiger partial charge on any atom is -0.124 e. The average molecular weight is 732 g/mol. The molecule has 0 fully saturated rings. The number of benzene rings is 1. The van der Waals surface area contributed by atoms with Crippen molar-refractivity contribution < 1.29 is 0 Å². The molecule has 0 aromatic heterocycles. The van der Waals surface area contributed by atoms with E-state index >= 15 is 0 Å². The summed E-state index contributed by atoms with van der Waals surface area (Å²) in [5, 5.41) is 2.71. The molecule has 1 heterocycles. The van der Waals surface area contributed by atoms with Crippen LogP contribution in [0.25, 0.3) is 0 Å². The van der Waals surface area contributed by atoms with E-state index < -0.39 is 63.9 Å². The van der Waals surface area contributed by atoms with Crippen molar-refractivity contribution in [2.75, 3.05) is 0 Å². The van der Waals surface area contributed by atoms with Crippen LogP contribution >= 0.6 is 15.3 Å². The maximum atomic E-state index is 4.67. The Kier molecular flexibility index (Phi) is 9.61. The summed E-state index contributed by atoms with van der Waals surface area (Å²) in [6, 6.07) is 5.88. The summed E-state index contributed by atoms with van der Waals surface area (Å²) in [7, 11) is -12.0. The molecular weight excluding hydrogens is 665 g/mol. The van der Waals surface area contributed by atoms with Crippen molar-refractivity contribution in [1.29, 1.82) is 0 Å². The fourth-order valence-electron chi connectivity index (χ4n) is 11.6. The van der Waals surface area contributed by atoms with Crippen molar-refractivity contribution in [3.63, 3.8) is 0 Å². The third-order valence-electron chi connectivity index (χ3n) is 10.5. The lowest BCUT2D eigenvalue weighted by atomic mass is 10.1. The molecule has 1 atom stereocenters. The summed E-state index contributed by atoms with van der Waals surface area (Å²) in [5.41, 5.74) is 5.60. The van der Waals surface area contributed by atoms with Gasteiger partial charge in [-0.1, -0.05) is 150 Å². The predicted octanol–water partition coefficient (Wildman–Crippen LogP) is 10.3. The van der Waals surface area contributed by atoms with Gasteiger partial charge in [-0.15, -0.1) is 15.3 Å². The van der Waals surface area contributed by atoms with Gasteiger partial charge in [0.05, 0.1) is 16.1 Å². The van der Waals surface area contributed by atoms with Crippen molar-refractivity contribution in [2.45, 2.75) is 151 Å². The van der Waals surface area contributed by atoms with Crippen molar-refractivity contribution in [3.05, 3.63) is 28.8 Å². The summed E-state index contributed by atoms with van der Waals surface area (Å²) in [5.74, 6) is 0. The van der Waals surface area contributed by atoms with Crippen molar-refractivity contribution in [2.24, 2.45) is 0 Å². The molecule has 2 rings (SSSR count). The quantitative estimate of drug-likeness (QED) is 0.175. The number of rotatable bonds is 9. The van der Waals surface area contributed by atoms with E-state index in [2.05, 4.69) is 165 Å². The van der Waals surface area contributed by atoms with E-state index in [1.165, 1.54) is 0 Å². The lowest BCUT2D eigenvalue weighted by molar-refractivity contribution is 0.963. The van der Waals surface area contributed by atoms with Gasteiger partial charge in [-0.05, 0) is 35.6 Å². The molecule has 0 aliphatic carbocycles. The Labute approximate surface area is 262 Å².